The number of carbonyl (C=O) groups excluding carboxylic acids is 2. The molecule has 0 aromatic heterocycles. The van der Waals surface area contributed by atoms with Crippen molar-refractivity contribution >= 4 is 11.9 Å². The lowest BCUT2D eigenvalue weighted by Crippen LogP contribution is -2.41. The van der Waals surface area contributed by atoms with Gasteiger partial charge in [-0.05, 0) is 23.3 Å². The van der Waals surface area contributed by atoms with Crippen LogP contribution < -0.4 is 10.6 Å². The summed E-state index contributed by atoms with van der Waals surface area (Å²) in [5, 5.41) is 14.5. The van der Waals surface area contributed by atoms with Crippen molar-refractivity contribution in [2.24, 2.45) is 0 Å². The molecule has 3 N–H and O–H groups in total. The predicted molar refractivity (Wildman–Crippen MR) is 54.3 cm³/mol. The van der Waals surface area contributed by atoms with Gasteiger partial charge in [0.15, 0.2) is 0 Å². The lowest BCUT2D eigenvalue weighted by molar-refractivity contribution is -0.124. The molecule has 1 aromatic carbocycles. The number of rotatable bonds is 0. The minimum Gasteiger partial charge on any atom is -0.388 e. The summed E-state index contributed by atoms with van der Waals surface area (Å²) in [7, 11) is 0. The number of hydrogen-bond acceptors (Lipinski definition) is 3. The van der Waals surface area contributed by atoms with Crippen LogP contribution in [0, 0.1) is 5.82 Å². The second-order valence-electron chi connectivity index (χ2n) is 4.27. The molecule has 0 bridgehead atoms. The van der Waals surface area contributed by atoms with Crippen LogP contribution in [0.15, 0.2) is 18.2 Å². The van der Waals surface area contributed by atoms with E-state index in [1.807, 2.05) is 0 Å². The van der Waals surface area contributed by atoms with E-state index in [1.54, 1.807) is 0 Å². The van der Waals surface area contributed by atoms with Gasteiger partial charge in [-0.3, -0.25) is 10.1 Å². The zero-order chi connectivity index (χ0) is 12.2. The zero-order valence-electron chi connectivity index (χ0n) is 8.66. The van der Waals surface area contributed by atoms with Crippen LogP contribution in [-0.4, -0.2) is 17.0 Å². The van der Waals surface area contributed by atoms with E-state index in [2.05, 4.69) is 10.6 Å². The highest BCUT2D eigenvalue weighted by Gasteiger charge is 2.54. The number of imide groups is 1. The lowest BCUT2D eigenvalue weighted by atomic mass is 9.92. The van der Waals surface area contributed by atoms with Crippen molar-refractivity contribution in [1.82, 2.24) is 10.6 Å². The monoisotopic (exact) mass is 236 g/mol. The van der Waals surface area contributed by atoms with Crippen LogP contribution in [0.1, 0.15) is 23.7 Å². The molecule has 3 amide bonds. The Kier molecular flexibility index (Phi) is 1.83. The van der Waals surface area contributed by atoms with E-state index in [0.29, 0.717) is 11.1 Å². The Morgan fingerprint density at radius 3 is 2.82 bits per heavy atom. The molecule has 1 saturated heterocycles. The Labute approximate surface area is 95.6 Å². The van der Waals surface area contributed by atoms with Gasteiger partial charge in [0.05, 0.1) is 6.10 Å². The molecule has 88 valence electrons. The molecule has 1 spiro atoms. The number of urea groups is 1. The Morgan fingerprint density at radius 1 is 1.41 bits per heavy atom. The maximum atomic E-state index is 13.1. The van der Waals surface area contributed by atoms with Crippen LogP contribution >= 0.6 is 0 Å². The van der Waals surface area contributed by atoms with Crippen LogP contribution in [-0.2, 0) is 10.3 Å². The number of halogens is 1. The number of benzene rings is 1. The number of amides is 3. The summed E-state index contributed by atoms with van der Waals surface area (Å²) in [5.74, 6) is -0.989. The van der Waals surface area contributed by atoms with Crippen molar-refractivity contribution in [2.75, 3.05) is 0 Å². The first-order valence-corrected chi connectivity index (χ1v) is 5.14. The summed E-state index contributed by atoms with van der Waals surface area (Å²) in [5.41, 5.74) is -0.448. The fourth-order valence-electron chi connectivity index (χ4n) is 2.53. The van der Waals surface area contributed by atoms with E-state index in [1.165, 1.54) is 18.2 Å². The van der Waals surface area contributed by atoms with Gasteiger partial charge in [0.1, 0.15) is 11.4 Å². The van der Waals surface area contributed by atoms with Gasteiger partial charge in [0.2, 0.25) is 0 Å². The summed E-state index contributed by atoms with van der Waals surface area (Å²) in [6.45, 7) is 0. The van der Waals surface area contributed by atoms with E-state index in [-0.39, 0.29) is 6.42 Å². The fourth-order valence-corrected chi connectivity index (χ4v) is 2.53. The third-order valence-corrected chi connectivity index (χ3v) is 3.27. The maximum Gasteiger partial charge on any atom is 0.322 e. The Bertz CT molecular complexity index is 546. The van der Waals surface area contributed by atoms with Gasteiger partial charge in [-0.1, -0.05) is 6.07 Å². The predicted octanol–water partition coefficient (Wildman–Crippen LogP) is 0.298. The van der Waals surface area contributed by atoms with Crippen LogP contribution in [0.5, 0.6) is 0 Å². The van der Waals surface area contributed by atoms with Crippen molar-refractivity contribution in [2.45, 2.75) is 18.1 Å². The first kappa shape index (κ1) is 10.2. The van der Waals surface area contributed by atoms with Gasteiger partial charge in [-0.15, -0.1) is 0 Å². The summed E-state index contributed by atoms with van der Waals surface area (Å²) in [6, 6.07) is 3.22. The molecule has 3 rings (SSSR count). The maximum absolute atomic E-state index is 13.1. The van der Waals surface area contributed by atoms with Gasteiger partial charge in [-0.2, -0.15) is 0 Å². The van der Waals surface area contributed by atoms with Gasteiger partial charge in [-0.25, -0.2) is 9.18 Å². The summed E-state index contributed by atoms with van der Waals surface area (Å²) in [6.07, 6.45) is -0.923. The zero-order valence-corrected chi connectivity index (χ0v) is 8.66. The SMILES string of the molecule is O=C1NC(=O)C2(CC(O)c3cc(F)ccc32)N1. The molecule has 1 aromatic rings. The number of fused-ring (bicyclic) bond motifs is 2. The second kappa shape index (κ2) is 3.04. The summed E-state index contributed by atoms with van der Waals surface area (Å²) >= 11 is 0. The average Bonchev–Trinajstić information content (AvgIpc) is 2.67. The Morgan fingerprint density at radius 2 is 2.18 bits per heavy atom. The van der Waals surface area contributed by atoms with Gasteiger partial charge in [0, 0.05) is 6.42 Å². The molecule has 2 atom stereocenters. The van der Waals surface area contributed by atoms with Gasteiger partial charge in [0.25, 0.3) is 5.91 Å². The first-order valence-electron chi connectivity index (χ1n) is 5.14. The van der Waals surface area contributed by atoms with E-state index >= 15 is 0 Å². The normalized spacial score (nSPS) is 30.4. The van der Waals surface area contributed by atoms with E-state index in [0.717, 1.165) is 0 Å². The van der Waals surface area contributed by atoms with E-state index < -0.39 is 29.4 Å². The molecule has 6 heteroatoms. The highest BCUT2D eigenvalue weighted by molar-refractivity contribution is 6.08. The van der Waals surface area contributed by atoms with E-state index in [9.17, 15) is 19.1 Å². The van der Waals surface area contributed by atoms with Crippen molar-refractivity contribution < 1.29 is 19.1 Å². The standard InChI is InChI=1S/C11H9FN2O3/c12-5-1-2-7-6(3-5)8(15)4-11(7)9(16)13-10(17)14-11/h1-3,8,15H,4H2,(H2,13,14,16,17). The van der Waals surface area contributed by atoms with Crippen LogP contribution in [0.3, 0.4) is 0 Å². The van der Waals surface area contributed by atoms with Crippen LogP contribution in [0.4, 0.5) is 9.18 Å². The number of nitrogens with one attached hydrogen (secondary N) is 2. The van der Waals surface area contributed by atoms with Crippen molar-refractivity contribution in [3.05, 3.63) is 35.1 Å². The van der Waals surface area contributed by atoms with Crippen LogP contribution in [0.25, 0.3) is 0 Å². The highest BCUT2D eigenvalue weighted by atomic mass is 19.1. The molecule has 2 unspecified atom stereocenters. The molecule has 1 aliphatic heterocycles. The van der Waals surface area contributed by atoms with Gasteiger partial charge >= 0.3 is 6.03 Å². The largest absolute Gasteiger partial charge is 0.388 e. The smallest absolute Gasteiger partial charge is 0.322 e. The molecule has 2 aliphatic rings. The molecule has 1 fully saturated rings. The molecular formula is C11H9FN2O3. The molecule has 1 heterocycles. The second-order valence-corrected chi connectivity index (χ2v) is 4.27. The number of hydrogen-bond donors (Lipinski definition) is 3. The molecule has 0 radical (unpaired) electrons. The molecular weight excluding hydrogens is 227 g/mol. The summed E-state index contributed by atoms with van der Waals surface area (Å²) < 4.78 is 13.1. The number of carbonyl (C=O) groups is 2. The molecule has 5 nitrogen and oxygen atoms in total. The number of aliphatic hydroxyl groups excluding tert-OH is 1. The quantitative estimate of drug-likeness (QED) is 0.567. The molecule has 0 saturated carbocycles. The topological polar surface area (TPSA) is 78.4 Å². The minimum absolute atomic E-state index is 0.0311. The minimum atomic E-state index is -1.25. The van der Waals surface area contributed by atoms with Gasteiger partial charge < -0.3 is 10.4 Å². The fraction of sp³-hybridized carbons (Fsp3) is 0.273. The van der Waals surface area contributed by atoms with E-state index in [4.69, 9.17) is 0 Å². The molecule has 1 aliphatic carbocycles. The van der Waals surface area contributed by atoms with Crippen molar-refractivity contribution in [1.29, 1.82) is 0 Å². The third-order valence-electron chi connectivity index (χ3n) is 3.27. The average molecular weight is 236 g/mol. The molecule has 17 heavy (non-hydrogen) atoms. The summed E-state index contributed by atoms with van der Waals surface area (Å²) in [4.78, 5) is 23.0. The van der Waals surface area contributed by atoms with Crippen molar-refractivity contribution in [3.63, 3.8) is 0 Å². The van der Waals surface area contributed by atoms with Crippen molar-refractivity contribution in [3.8, 4) is 0 Å². The third kappa shape index (κ3) is 1.21. The first-order chi connectivity index (χ1) is 8.03. The van der Waals surface area contributed by atoms with Crippen LogP contribution in [0.2, 0.25) is 0 Å². The number of aliphatic hydroxyl groups is 1. The Balaban J connectivity index is 2.19. The highest BCUT2D eigenvalue weighted by Crippen LogP contribution is 2.44. The lowest BCUT2D eigenvalue weighted by Gasteiger charge is -2.20. The Hall–Kier alpha value is -1.95.